The Bertz CT molecular complexity index is 1190. The van der Waals surface area contributed by atoms with Gasteiger partial charge < -0.3 is 9.72 Å². The second-order valence-electron chi connectivity index (χ2n) is 6.74. The number of aromatic nitrogens is 2. The maximum atomic E-state index is 12.5. The van der Waals surface area contributed by atoms with Crippen molar-refractivity contribution in [3.8, 4) is 0 Å². The fraction of sp³-hybridized carbons (Fsp3) is 0.143. The minimum absolute atomic E-state index is 0.0842. The van der Waals surface area contributed by atoms with Crippen LogP contribution in [0, 0.1) is 6.92 Å². The summed E-state index contributed by atoms with van der Waals surface area (Å²) in [6.07, 6.45) is 5.12. The summed E-state index contributed by atoms with van der Waals surface area (Å²) in [5.41, 5.74) is 2.78. The molecule has 30 heavy (non-hydrogen) atoms. The molecule has 9 heteroatoms. The van der Waals surface area contributed by atoms with Crippen LogP contribution in [0.2, 0.25) is 5.02 Å². The Morgan fingerprint density at radius 3 is 2.77 bits per heavy atom. The molecule has 3 amide bonds. The van der Waals surface area contributed by atoms with Crippen LogP contribution in [0.25, 0.3) is 11.7 Å². The molecule has 1 fully saturated rings. The highest BCUT2D eigenvalue weighted by molar-refractivity contribution is 8.18. The predicted molar refractivity (Wildman–Crippen MR) is 116 cm³/mol. The van der Waals surface area contributed by atoms with Crippen molar-refractivity contribution in [3.05, 3.63) is 75.5 Å². The molecule has 1 saturated heterocycles. The van der Waals surface area contributed by atoms with E-state index in [1.807, 2.05) is 25.3 Å². The van der Waals surface area contributed by atoms with Crippen molar-refractivity contribution < 1.29 is 14.4 Å². The molecule has 1 aliphatic rings. The third-order valence-corrected chi connectivity index (χ3v) is 5.67. The molecule has 1 N–H and O–H groups in total. The van der Waals surface area contributed by atoms with Gasteiger partial charge in [0.1, 0.15) is 11.3 Å². The van der Waals surface area contributed by atoms with Gasteiger partial charge in [0.2, 0.25) is 0 Å². The lowest BCUT2D eigenvalue weighted by Crippen LogP contribution is -2.37. The Hall–Kier alpha value is -3.10. The standard InChI is InChI=1S/C21H17ClN4O3S/c1-13-6-8-25-12-16(24-18(25)10-13)19(27)23-7-9-26-20(28)17(30-21(26)29)11-14-2-4-15(22)5-3-14/h2-6,8,10-12H,7,9H2,1H3,(H,23,27)/b17-11+. The van der Waals surface area contributed by atoms with Gasteiger partial charge in [0.05, 0.1) is 4.91 Å². The maximum absolute atomic E-state index is 12.5. The van der Waals surface area contributed by atoms with Gasteiger partial charge in [0.15, 0.2) is 0 Å². The van der Waals surface area contributed by atoms with E-state index in [0.717, 1.165) is 27.8 Å². The largest absolute Gasteiger partial charge is 0.349 e. The summed E-state index contributed by atoms with van der Waals surface area (Å²) in [5.74, 6) is -0.738. The summed E-state index contributed by atoms with van der Waals surface area (Å²) in [7, 11) is 0. The van der Waals surface area contributed by atoms with E-state index in [4.69, 9.17) is 11.6 Å². The first-order valence-electron chi connectivity index (χ1n) is 9.15. The summed E-state index contributed by atoms with van der Waals surface area (Å²) >= 11 is 6.74. The monoisotopic (exact) mass is 440 g/mol. The Balaban J connectivity index is 1.37. The van der Waals surface area contributed by atoms with Crippen molar-refractivity contribution in [1.29, 1.82) is 0 Å². The minimum Gasteiger partial charge on any atom is -0.349 e. The van der Waals surface area contributed by atoms with E-state index in [1.54, 1.807) is 40.9 Å². The van der Waals surface area contributed by atoms with E-state index in [-0.39, 0.29) is 35.8 Å². The van der Waals surface area contributed by atoms with Crippen molar-refractivity contribution in [1.82, 2.24) is 19.6 Å². The number of benzene rings is 1. The molecule has 2 aromatic heterocycles. The molecule has 4 rings (SSSR count). The summed E-state index contributed by atoms with van der Waals surface area (Å²) in [6, 6.07) is 10.8. The van der Waals surface area contributed by atoms with Gasteiger partial charge in [-0.15, -0.1) is 0 Å². The highest BCUT2D eigenvalue weighted by atomic mass is 35.5. The third kappa shape index (κ3) is 4.24. The summed E-state index contributed by atoms with van der Waals surface area (Å²) in [6.45, 7) is 2.17. The number of carbonyl (C=O) groups is 3. The van der Waals surface area contributed by atoms with Gasteiger partial charge in [0.25, 0.3) is 17.1 Å². The van der Waals surface area contributed by atoms with Crippen molar-refractivity contribution in [2.24, 2.45) is 0 Å². The van der Waals surface area contributed by atoms with Gasteiger partial charge in [-0.2, -0.15) is 0 Å². The Kier molecular flexibility index (Phi) is 5.61. The highest BCUT2D eigenvalue weighted by Crippen LogP contribution is 2.32. The lowest BCUT2D eigenvalue weighted by molar-refractivity contribution is -0.122. The second-order valence-corrected chi connectivity index (χ2v) is 8.17. The molecule has 152 valence electrons. The fourth-order valence-electron chi connectivity index (χ4n) is 2.97. The van der Waals surface area contributed by atoms with Crippen molar-refractivity contribution in [2.45, 2.75) is 6.92 Å². The van der Waals surface area contributed by atoms with Crippen LogP contribution < -0.4 is 5.32 Å². The lowest BCUT2D eigenvalue weighted by atomic mass is 10.2. The Labute approximate surface area is 181 Å². The van der Waals surface area contributed by atoms with Crippen molar-refractivity contribution in [3.63, 3.8) is 0 Å². The van der Waals surface area contributed by atoms with E-state index in [2.05, 4.69) is 10.3 Å². The quantitative estimate of drug-likeness (QED) is 0.610. The number of imidazole rings is 1. The van der Waals surface area contributed by atoms with E-state index in [9.17, 15) is 14.4 Å². The molecule has 0 aliphatic carbocycles. The molecular weight excluding hydrogens is 424 g/mol. The fourth-order valence-corrected chi connectivity index (χ4v) is 3.96. The normalized spacial score (nSPS) is 15.4. The molecule has 3 heterocycles. The van der Waals surface area contributed by atoms with Crippen molar-refractivity contribution >= 4 is 52.1 Å². The smallest absolute Gasteiger partial charge is 0.293 e. The molecule has 0 spiro atoms. The number of imide groups is 1. The molecule has 0 bridgehead atoms. The average molecular weight is 441 g/mol. The third-order valence-electron chi connectivity index (χ3n) is 4.51. The molecule has 3 aromatic rings. The average Bonchev–Trinajstić information content (AvgIpc) is 3.25. The molecule has 0 atom stereocenters. The minimum atomic E-state index is -0.377. The maximum Gasteiger partial charge on any atom is 0.293 e. The van der Waals surface area contributed by atoms with E-state index in [1.165, 1.54) is 0 Å². The number of hydrogen-bond donors (Lipinski definition) is 1. The molecule has 1 aromatic carbocycles. The van der Waals surface area contributed by atoms with Crippen LogP contribution in [0.15, 0.2) is 53.7 Å². The number of pyridine rings is 1. The van der Waals surface area contributed by atoms with Crippen LogP contribution >= 0.6 is 23.4 Å². The van der Waals surface area contributed by atoms with Gasteiger partial charge >= 0.3 is 0 Å². The van der Waals surface area contributed by atoms with Gasteiger partial charge in [-0.25, -0.2) is 4.98 Å². The number of thioether (sulfide) groups is 1. The molecule has 0 saturated carbocycles. The van der Waals surface area contributed by atoms with Crippen LogP contribution in [-0.2, 0) is 4.79 Å². The summed E-state index contributed by atoms with van der Waals surface area (Å²) in [4.78, 5) is 42.9. The first-order chi connectivity index (χ1) is 14.4. The van der Waals surface area contributed by atoms with Gasteiger partial charge in [-0.1, -0.05) is 23.7 Å². The van der Waals surface area contributed by atoms with Crippen LogP contribution in [0.1, 0.15) is 21.6 Å². The highest BCUT2D eigenvalue weighted by Gasteiger charge is 2.34. The molecular formula is C21H17ClN4O3S. The molecule has 0 radical (unpaired) electrons. The first-order valence-corrected chi connectivity index (χ1v) is 10.3. The molecule has 1 aliphatic heterocycles. The van der Waals surface area contributed by atoms with E-state index < -0.39 is 0 Å². The number of nitrogens with zero attached hydrogens (tertiary/aromatic N) is 3. The summed E-state index contributed by atoms with van der Waals surface area (Å²) in [5, 5.41) is 2.94. The van der Waals surface area contributed by atoms with Crippen molar-refractivity contribution in [2.75, 3.05) is 13.1 Å². The van der Waals surface area contributed by atoms with Crippen LogP contribution in [0.4, 0.5) is 4.79 Å². The molecule has 0 unspecified atom stereocenters. The van der Waals surface area contributed by atoms with Gasteiger partial charge in [0, 0.05) is 30.5 Å². The van der Waals surface area contributed by atoms with E-state index >= 15 is 0 Å². The predicted octanol–water partition coefficient (Wildman–Crippen LogP) is 3.76. The topological polar surface area (TPSA) is 83.8 Å². The SMILES string of the molecule is Cc1ccn2cc(C(=O)NCCN3C(=O)S/C(=C/c4ccc(Cl)cc4)C3=O)nc2c1. The number of nitrogens with one attached hydrogen (secondary N) is 1. The molecule has 7 nitrogen and oxygen atoms in total. The zero-order valence-corrected chi connectivity index (χ0v) is 17.5. The lowest BCUT2D eigenvalue weighted by Gasteiger charge is -2.12. The summed E-state index contributed by atoms with van der Waals surface area (Å²) < 4.78 is 1.76. The number of carbonyl (C=O) groups excluding carboxylic acids is 3. The number of fused-ring (bicyclic) bond motifs is 1. The number of halogens is 1. The number of aryl methyl sites for hydroxylation is 1. The zero-order chi connectivity index (χ0) is 21.3. The Morgan fingerprint density at radius 1 is 1.23 bits per heavy atom. The Morgan fingerprint density at radius 2 is 2.00 bits per heavy atom. The van der Waals surface area contributed by atoms with Gasteiger partial charge in [-0.05, 0) is 60.2 Å². The second kappa shape index (κ2) is 8.33. The van der Waals surface area contributed by atoms with Crippen LogP contribution in [0.3, 0.4) is 0 Å². The van der Waals surface area contributed by atoms with Crippen LogP contribution in [-0.4, -0.2) is 44.4 Å². The van der Waals surface area contributed by atoms with E-state index in [0.29, 0.717) is 15.6 Å². The van der Waals surface area contributed by atoms with Crippen LogP contribution in [0.5, 0.6) is 0 Å². The number of hydrogen-bond acceptors (Lipinski definition) is 5. The zero-order valence-electron chi connectivity index (χ0n) is 16.0. The van der Waals surface area contributed by atoms with Gasteiger partial charge in [-0.3, -0.25) is 19.3 Å². The first kappa shape index (κ1) is 20.2. The number of amides is 3. The number of rotatable bonds is 5.